The number of H-pyrrole nitrogens is 1. The topological polar surface area (TPSA) is 122 Å². The number of hydrogen-bond acceptors (Lipinski definition) is 8. The highest BCUT2D eigenvalue weighted by atomic mass is 16.7. The molecular weight excluding hydrogens is 506 g/mol. The van der Waals surface area contributed by atoms with Gasteiger partial charge in [0.25, 0.3) is 5.69 Å². The van der Waals surface area contributed by atoms with Gasteiger partial charge in [-0.1, -0.05) is 67.9 Å². The highest BCUT2D eigenvalue weighted by molar-refractivity contribution is 6.14. The van der Waals surface area contributed by atoms with Gasteiger partial charge in [-0.2, -0.15) is 5.21 Å². The SMILES string of the molecule is CCCCC1N=C(c2ccc(-c3ccccc3)c(-c3nn[nH]n3)c2)C(Cc2ccc([N+](=O)[O-])cc2)=C(C)N1OC. The molecule has 0 amide bonds. The summed E-state index contributed by atoms with van der Waals surface area (Å²) >= 11 is 0. The van der Waals surface area contributed by atoms with Crippen LogP contribution in [0.2, 0.25) is 0 Å². The van der Waals surface area contributed by atoms with Crippen LogP contribution < -0.4 is 0 Å². The van der Waals surface area contributed by atoms with Crippen LogP contribution in [0.5, 0.6) is 0 Å². The lowest BCUT2D eigenvalue weighted by atomic mass is 9.89. The summed E-state index contributed by atoms with van der Waals surface area (Å²) in [4.78, 5) is 21.9. The molecule has 1 aromatic heterocycles. The Morgan fingerprint density at radius 3 is 2.45 bits per heavy atom. The molecule has 40 heavy (non-hydrogen) atoms. The lowest BCUT2D eigenvalue weighted by Gasteiger charge is -2.36. The second-order valence-corrected chi connectivity index (χ2v) is 9.64. The second-order valence-electron chi connectivity index (χ2n) is 9.64. The number of benzene rings is 3. The van der Waals surface area contributed by atoms with Gasteiger partial charge in [-0.3, -0.25) is 19.9 Å². The van der Waals surface area contributed by atoms with Crippen LogP contribution >= 0.6 is 0 Å². The van der Waals surface area contributed by atoms with Crippen LogP contribution in [0.1, 0.15) is 44.2 Å². The lowest BCUT2D eigenvalue weighted by molar-refractivity contribution is -0.384. The quantitative estimate of drug-likeness (QED) is 0.190. The van der Waals surface area contributed by atoms with E-state index in [0.717, 1.165) is 64.1 Å². The fourth-order valence-electron chi connectivity index (χ4n) is 5.06. The van der Waals surface area contributed by atoms with Crippen LogP contribution in [0.15, 0.2) is 89.1 Å². The molecule has 4 aromatic rings. The van der Waals surface area contributed by atoms with Crippen LogP contribution in [0.4, 0.5) is 5.69 Å². The maximum Gasteiger partial charge on any atom is 0.269 e. The number of allylic oxidation sites excluding steroid dienone is 2. The number of nitrogens with one attached hydrogen (secondary N) is 1. The third-order valence-corrected chi connectivity index (χ3v) is 7.11. The number of hydrogen-bond donors (Lipinski definition) is 1. The maximum absolute atomic E-state index is 11.2. The van der Waals surface area contributed by atoms with E-state index in [1.165, 1.54) is 12.1 Å². The van der Waals surface area contributed by atoms with Crippen molar-refractivity contribution < 1.29 is 9.76 Å². The molecule has 0 spiro atoms. The Bertz CT molecular complexity index is 1530. The normalized spacial score (nSPS) is 15.3. The molecule has 10 heteroatoms. The molecule has 3 aromatic carbocycles. The molecule has 1 aliphatic heterocycles. The molecule has 0 radical (unpaired) electrons. The molecule has 0 saturated heterocycles. The summed E-state index contributed by atoms with van der Waals surface area (Å²) in [5.41, 5.74) is 7.59. The van der Waals surface area contributed by atoms with Gasteiger partial charge in [0.05, 0.1) is 17.7 Å². The van der Waals surface area contributed by atoms with Crippen LogP contribution in [0, 0.1) is 10.1 Å². The van der Waals surface area contributed by atoms with Gasteiger partial charge in [-0.05, 0) is 47.7 Å². The number of hydroxylamine groups is 2. The largest absolute Gasteiger partial charge is 0.275 e. The number of non-ortho nitro benzene ring substituents is 1. The Labute approximate surface area is 232 Å². The number of aliphatic imine (C=N–C) groups is 1. The van der Waals surface area contributed by atoms with Crippen LogP contribution in [0.3, 0.4) is 0 Å². The summed E-state index contributed by atoms with van der Waals surface area (Å²) < 4.78 is 0. The average Bonchev–Trinajstić information content (AvgIpc) is 3.53. The van der Waals surface area contributed by atoms with Gasteiger partial charge >= 0.3 is 0 Å². The smallest absolute Gasteiger partial charge is 0.269 e. The van der Waals surface area contributed by atoms with E-state index in [1.54, 1.807) is 19.2 Å². The monoisotopic (exact) mass is 537 g/mol. The number of aromatic nitrogens is 4. The summed E-state index contributed by atoms with van der Waals surface area (Å²) in [6.07, 6.45) is 3.25. The fraction of sp³-hybridized carbons (Fsp3) is 0.267. The first kappa shape index (κ1) is 26.9. The Morgan fingerprint density at radius 2 is 1.80 bits per heavy atom. The van der Waals surface area contributed by atoms with Crippen molar-refractivity contribution in [2.45, 2.75) is 45.7 Å². The van der Waals surface area contributed by atoms with Crippen molar-refractivity contribution in [2.75, 3.05) is 7.11 Å². The van der Waals surface area contributed by atoms with Gasteiger partial charge in [0.2, 0.25) is 5.82 Å². The first-order chi connectivity index (χ1) is 19.5. The van der Waals surface area contributed by atoms with Crippen molar-refractivity contribution >= 4 is 11.4 Å². The van der Waals surface area contributed by atoms with Crippen molar-refractivity contribution in [3.8, 4) is 22.5 Å². The van der Waals surface area contributed by atoms with E-state index >= 15 is 0 Å². The zero-order valence-electron chi connectivity index (χ0n) is 22.7. The molecule has 204 valence electrons. The summed E-state index contributed by atoms with van der Waals surface area (Å²) in [6.45, 7) is 4.20. The first-order valence-electron chi connectivity index (χ1n) is 13.3. The summed E-state index contributed by atoms with van der Waals surface area (Å²) in [5, 5.41) is 28.0. The van der Waals surface area contributed by atoms with Crippen molar-refractivity contribution in [1.82, 2.24) is 25.7 Å². The Morgan fingerprint density at radius 1 is 1.02 bits per heavy atom. The lowest BCUT2D eigenvalue weighted by Crippen LogP contribution is -2.38. The molecule has 10 nitrogen and oxygen atoms in total. The van der Waals surface area contributed by atoms with E-state index in [1.807, 2.05) is 30.2 Å². The van der Waals surface area contributed by atoms with E-state index < -0.39 is 0 Å². The number of nitrogens with zero attached hydrogens (tertiary/aromatic N) is 6. The highest BCUT2D eigenvalue weighted by Crippen LogP contribution is 2.35. The summed E-state index contributed by atoms with van der Waals surface area (Å²) in [7, 11) is 1.66. The second kappa shape index (κ2) is 12.0. The third-order valence-electron chi connectivity index (χ3n) is 7.11. The minimum absolute atomic E-state index is 0.0615. The molecular formula is C30H31N7O3. The minimum atomic E-state index is -0.388. The molecule has 1 N–H and O–H groups in total. The molecule has 0 saturated carbocycles. The predicted octanol–water partition coefficient (Wildman–Crippen LogP) is 6.14. The molecule has 0 fully saturated rings. The van der Waals surface area contributed by atoms with E-state index in [0.29, 0.717) is 12.2 Å². The van der Waals surface area contributed by atoms with Gasteiger partial charge in [-0.25, -0.2) is 5.06 Å². The van der Waals surface area contributed by atoms with E-state index in [4.69, 9.17) is 9.83 Å². The number of nitro groups is 1. The number of nitro benzene ring substituents is 1. The van der Waals surface area contributed by atoms with Crippen LogP contribution in [0.25, 0.3) is 22.5 Å². The third kappa shape index (κ3) is 5.52. The van der Waals surface area contributed by atoms with Gasteiger partial charge in [0.1, 0.15) is 6.17 Å². The molecule has 1 aliphatic rings. The number of aromatic amines is 1. The van der Waals surface area contributed by atoms with E-state index in [9.17, 15) is 10.1 Å². The van der Waals surface area contributed by atoms with Gasteiger partial charge in [0.15, 0.2) is 0 Å². The van der Waals surface area contributed by atoms with E-state index in [2.05, 4.69) is 57.9 Å². The Hall–Kier alpha value is -4.70. The van der Waals surface area contributed by atoms with Crippen molar-refractivity contribution in [3.05, 3.63) is 105 Å². The predicted molar refractivity (Wildman–Crippen MR) is 153 cm³/mol. The fourth-order valence-corrected chi connectivity index (χ4v) is 5.06. The Balaban J connectivity index is 1.63. The highest BCUT2D eigenvalue weighted by Gasteiger charge is 2.30. The molecule has 0 bridgehead atoms. The van der Waals surface area contributed by atoms with Crippen molar-refractivity contribution in [1.29, 1.82) is 0 Å². The van der Waals surface area contributed by atoms with Crippen molar-refractivity contribution in [3.63, 3.8) is 0 Å². The number of tetrazole rings is 1. The number of unbranched alkanes of at least 4 members (excludes halogenated alkanes) is 1. The van der Waals surface area contributed by atoms with Gasteiger partial charge in [-0.15, -0.1) is 10.2 Å². The first-order valence-corrected chi connectivity index (χ1v) is 13.3. The zero-order chi connectivity index (χ0) is 28.1. The minimum Gasteiger partial charge on any atom is -0.275 e. The zero-order valence-corrected chi connectivity index (χ0v) is 22.7. The summed E-state index contributed by atoms with van der Waals surface area (Å²) in [6, 6.07) is 23.0. The Kier molecular flexibility index (Phi) is 8.07. The van der Waals surface area contributed by atoms with Gasteiger partial charge < -0.3 is 0 Å². The molecule has 0 aliphatic carbocycles. The van der Waals surface area contributed by atoms with Crippen molar-refractivity contribution in [2.24, 2.45) is 4.99 Å². The summed E-state index contributed by atoms with van der Waals surface area (Å²) in [5.74, 6) is 0.496. The van der Waals surface area contributed by atoms with Crippen LogP contribution in [-0.4, -0.2) is 49.6 Å². The number of rotatable bonds is 10. The van der Waals surface area contributed by atoms with E-state index in [-0.39, 0.29) is 16.8 Å². The molecule has 2 heterocycles. The average molecular weight is 538 g/mol. The molecule has 1 unspecified atom stereocenters. The standard InChI is InChI=1S/C30H31N7O3/c1-4-5-11-28-31-29(26(20(2)36(28)40-3)18-21-12-15-24(16-13-21)37(38)39)23-14-17-25(22-9-7-6-8-10-22)27(19-23)30-32-34-35-33-30/h6-10,12-17,19,28H,4-5,11,18H2,1-3H3,(H,32,33,34,35). The maximum atomic E-state index is 11.2. The van der Waals surface area contributed by atoms with Gasteiger partial charge in [0, 0.05) is 41.0 Å². The molecule has 1 atom stereocenters. The molecule has 5 rings (SSSR count). The van der Waals surface area contributed by atoms with Crippen LogP contribution in [-0.2, 0) is 11.3 Å².